The molecule has 1 aromatic carbocycles. The van der Waals surface area contributed by atoms with Gasteiger partial charge in [-0.2, -0.15) is 14.6 Å². The number of hydrogen-bond acceptors (Lipinski definition) is 8. The molecule has 0 atom stereocenters. The van der Waals surface area contributed by atoms with Crippen molar-refractivity contribution in [2.75, 3.05) is 24.8 Å². The Morgan fingerprint density at radius 3 is 2.96 bits per heavy atom. The molecule has 0 aliphatic carbocycles. The lowest BCUT2D eigenvalue weighted by atomic mass is 10.1. The van der Waals surface area contributed by atoms with Gasteiger partial charge in [0.25, 0.3) is 5.91 Å². The predicted octanol–water partition coefficient (Wildman–Crippen LogP) is 3.77. The van der Waals surface area contributed by atoms with E-state index in [1.54, 1.807) is 24.3 Å². The molecule has 1 heterocycles. The summed E-state index contributed by atoms with van der Waals surface area (Å²) < 4.78 is 14.9. The first kappa shape index (κ1) is 20.5. The Morgan fingerprint density at radius 2 is 2.30 bits per heavy atom. The molecule has 0 saturated heterocycles. The van der Waals surface area contributed by atoms with E-state index in [9.17, 15) is 10.1 Å². The maximum absolute atomic E-state index is 12.3. The number of anilines is 1. The van der Waals surface area contributed by atoms with Crippen LogP contribution in [-0.4, -0.2) is 34.7 Å². The summed E-state index contributed by atoms with van der Waals surface area (Å²) in [6.07, 6.45) is 3.10. The van der Waals surface area contributed by atoms with E-state index in [-0.39, 0.29) is 5.57 Å². The summed E-state index contributed by atoms with van der Waals surface area (Å²) in [5.41, 5.74) is 0.570. The molecule has 7 nitrogen and oxygen atoms in total. The van der Waals surface area contributed by atoms with Gasteiger partial charge in [0.15, 0.2) is 11.5 Å². The van der Waals surface area contributed by atoms with Crippen LogP contribution in [0, 0.1) is 11.3 Å². The molecule has 0 spiro atoms. The summed E-state index contributed by atoms with van der Waals surface area (Å²) in [6.45, 7) is 5.93. The second kappa shape index (κ2) is 10.4. The molecule has 0 fully saturated rings. The van der Waals surface area contributed by atoms with Crippen molar-refractivity contribution in [1.82, 2.24) is 9.36 Å². The molecule has 1 N–H and O–H groups in total. The lowest BCUT2D eigenvalue weighted by Crippen LogP contribution is -2.13. The molecule has 2 rings (SSSR count). The van der Waals surface area contributed by atoms with Crippen LogP contribution >= 0.6 is 23.3 Å². The number of benzene rings is 1. The number of nitrogens with one attached hydrogen (secondary N) is 1. The highest BCUT2D eigenvalue weighted by molar-refractivity contribution is 7.99. The first-order chi connectivity index (χ1) is 13.1. The van der Waals surface area contributed by atoms with Crippen molar-refractivity contribution in [3.8, 4) is 17.6 Å². The number of carbonyl (C=O) groups is 1. The highest BCUT2D eigenvalue weighted by Crippen LogP contribution is 2.29. The molecule has 0 unspecified atom stereocenters. The van der Waals surface area contributed by atoms with E-state index >= 15 is 0 Å². The van der Waals surface area contributed by atoms with Crippen LogP contribution in [-0.2, 0) is 4.79 Å². The van der Waals surface area contributed by atoms with Crippen molar-refractivity contribution >= 4 is 40.4 Å². The number of rotatable bonds is 9. The van der Waals surface area contributed by atoms with Crippen LogP contribution in [0.1, 0.15) is 12.5 Å². The van der Waals surface area contributed by atoms with E-state index in [0.717, 1.165) is 17.3 Å². The number of aromatic nitrogens is 2. The SMILES string of the molecule is C=CCOc1ccc(/C=C(/C#N)C(=O)Nc2nc(SCC)ns2)cc1OC. The fourth-order valence-corrected chi connectivity index (χ4v) is 3.24. The molecule has 0 aliphatic heterocycles. The molecule has 2 aromatic rings. The third-order valence-electron chi connectivity index (χ3n) is 3.12. The second-order valence-corrected chi connectivity index (χ2v) is 6.93. The molecule has 0 bridgehead atoms. The first-order valence-electron chi connectivity index (χ1n) is 7.92. The van der Waals surface area contributed by atoms with E-state index in [1.165, 1.54) is 24.9 Å². The number of carbonyl (C=O) groups excluding carboxylic acids is 1. The van der Waals surface area contributed by atoms with Crippen molar-refractivity contribution in [2.45, 2.75) is 12.1 Å². The van der Waals surface area contributed by atoms with E-state index in [0.29, 0.717) is 34.0 Å². The minimum atomic E-state index is -0.548. The van der Waals surface area contributed by atoms with Crippen LogP contribution < -0.4 is 14.8 Å². The minimum absolute atomic E-state index is 0.0586. The number of ether oxygens (including phenoxy) is 2. The first-order valence-corrected chi connectivity index (χ1v) is 9.68. The molecule has 140 valence electrons. The Labute approximate surface area is 165 Å². The molecule has 0 radical (unpaired) electrons. The minimum Gasteiger partial charge on any atom is -0.493 e. The molecule has 27 heavy (non-hydrogen) atoms. The van der Waals surface area contributed by atoms with E-state index < -0.39 is 5.91 Å². The normalized spacial score (nSPS) is 10.8. The van der Waals surface area contributed by atoms with Gasteiger partial charge in [-0.3, -0.25) is 10.1 Å². The lowest BCUT2D eigenvalue weighted by molar-refractivity contribution is -0.112. The highest BCUT2D eigenvalue weighted by atomic mass is 32.2. The van der Waals surface area contributed by atoms with Crippen molar-refractivity contribution in [2.24, 2.45) is 0 Å². The van der Waals surface area contributed by atoms with Gasteiger partial charge in [-0.05, 0) is 29.5 Å². The molecular weight excluding hydrogens is 384 g/mol. The topological polar surface area (TPSA) is 97.1 Å². The summed E-state index contributed by atoms with van der Waals surface area (Å²) in [5, 5.41) is 12.9. The molecule has 1 aromatic heterocycles. The smallest absolute Gasteiger partial charge is 0.268 e. The van der Waals surface area contributed by atoms with Gasteiger partial charge >= 0.3 is 0 Å². The van der Waals surface area contributed by atoms with Crippen LogP contribution in [0.3, 0.4) is 0 Å². The number of amides is 1. The van der Waals surface area contributed by atoms with Gasteiger partial charge in [0.1, 0.15) is 18.2 Å². The number of hydrogen-bond donors (Lipinski definition) is 1. The van der Waals surface area contributed by atoms with Gasteiger partial charge in [-0.15, -0.1) is 0 Å². The lowest BCUT2D eigenvalue weighted by Gasteiger charge is -2.10. The third kappa shape index (κ3) is 5.84. The number of methoxy groups -OCH3 is 1. The summed E-state index contributed by atoms with van der Waals surface area (Å²) in [6, 6.07) is 7.03. The zero-order chi connectivity index (χ0) is 19.6. The molecule has 9 heteroatoms. The summed E-state index contributed by atoms with van der Waals surface area (Å²) in [4.78, 5) is 16.5. The van der Waals surface area contributed by atoms with Gasteiger partial charge < -0.3 is 9.47 Å². The van der Waals surface area contributed by atoms with Crippen LogP contribution in [0.4, 0.5) is 5.13 Å². The number of nitrogens with zero attached hydrogens (tertiary/aromatic N) is 3. The van der Waals surface area contributed by atoms with Crippen LogP contribution in [0.15, 0.2) is 41.6 Å². The highest BCUT2D eigenvalue weighted by Gasteiger charge is 2.13. The van der Waals surface area contributed by atoms with Gasteiger partial charge in [-0.25, -0.2) is 0 Å². The van der Waals surface area contributed by atoms with Crippen molar-refractivity contribution in [3.63, 3.8) is 0 Å². The monoisotopic (exact) mass is 402 g/mol. The summed E-state index contributed by atoms with van der Waals surface area (Å²) in [7, 11) is 1.52. The molecule has 1 amide bonds. The zero-order valence-electron chi connectivity index (χ0n) is 14.9. The third-order valence-corrected chi connectivity index (χ3v) is 4.60. The molecule has 0 aliphatic rings. The molecule has 0 saturated carbocycles. The Bertz CT molecular complexity index is 887. The van der Waals surface area contributed by atoms with Gasteiger partial charge in [0.2, 0.25) is 10.3 Å². The fourth-order valence-electron chi connectivity index (χ4n) is 1.97. The van der Waals surface area contributed by atoms with Crippen LogP contribution in [0.2, 0.25) is 0 Å². The summed E-state index contributed by atoms with van der Waals surface area (Å²) >= 11 is 2.55. The number of thioether (sulfide) groups is 1. The van der Waals surface area contributed by atoms with Gasteiger partial charge in [0, 0.05) is 11.5 Å². The number of nitriles is 1. The van der Waals surface area contributed by atoms with E-state index in [4.69, 9.17) is 9.47 Å². The van der Waals surface area contributed by atoms with Gasteiger partial charge in [-0.1, -0.05) is 37.4 Å². The maximum Gasteiger partial charge on any atom is 0.268 e. The van der Waals surface area contributed by atoms with E-state index in [2.05, 4.69) is 21.3 Å². The van der Waals surface area contributed by atoms with Crippen LogP contribution in [0.25, 0.3) is 6.08 Å². The largest absolute Gasteiger partial charge is 0.493 e. The van der Waals surface area contributed by atoms with Crippen molar-refractivity contribution < 1.29 is 14.3 Å². The molecular formula is C18H18N4O3S2. The second-order valence-electron chi connectivity index (χ2n) is 4.95. The van der Waals surface area contributed by atoms with Crippen molar-refractivity contribution in [1.29, 1.82) is 5.26 Å². The standard InChI is InChI=1S/C18H18N4O3S2/c1-4-8-25-14-7-6-12(10-15(14)24-3)9-13(11-19)16(23)20-17-21-18(22-27-17)26-5-2/h4,6-7,9-10H,1,5,8H2,2-3H3,(H,20,21,22,23)/b13-9-. The average Bonchev–Trinajstić information content (AvgIpc) is 3.11. The summed E-state index contributed by atoms with van der Waals surface area (Å²) in [5.74, 6) is 1.33. The fraction of sp³-hybridized carbons (Fsp3) is 0.222. The average molecular weight is 403 g/mol. The van der Waals surface area contributed by atoms with Crippen molar-refractivity contribution in [3.05, 3.63) is 42.0 Å². The van der Waals surface area contributed by atoms with Crippen LogP contribution in [0.5, 0.6) is 11.5 Å². The predicted molar refractivity (Wildman–Crippen MR) is 107 cm³/mol. The Morgan fingerprint density at radius 1 is 1.48 bits per heavy atom. The quantitative estimate of drug-likeness (QED) is 0.295. The Balaban J connectivity index is 2.17. The zero-order valence-corrected chi connectivity index (χ0v) is 16.5. The van der Waals surface area contributed by atoms with Gasteiger partial charge in [0.05, 0.1) is 7.11 Å². The maximum atomic E-state index is 12.3. The van der Waals surface area contributed by atoms with E-state index in [1.807, 2.05) is 13.0 Å². The Kier molecular flexibility index (Phi) is 7.85. The Hall–Kier alpha value is -2.83.